The fourth-order valence-electron chi connectivity index (χ4n) is 2.44. The standard InChI is InChI=1S/C15H21Cl2N3S/c1-4-10-15(17)12(20(6-3)19-10)9-11(18-5-2)13-7-8-14(16)21-13/h7-8,11,18H,4-6,9H2,1-3H3. The molecular weight excluding hydrogens is 325 g/mol. The van der Waals surface area contributed by atoms with Crippen molar-refractivity contribution in [3.05, 3.63) is 37.8 Å². The maximum absolute atomic E-state index is 6.51. The van der Waals surface area contributed by atoms with Gasteiger partial charge in [-0.2, -0.15) is 5.10 Å². The quantitative estimate of drug-likeness (QED) is 0.786. The van der Waals surface area contributed by atoms with Gasteiger partial charge in [0.25, 0.3) is 0 Å². The van der Waals surface area contributed by atoms with Crippen LogP contribution in [0.3, 0.4) is 0 Å². The molecule has 0 aromatic carbocycles. The number of aromatic nitrogens is 2. The van der Waals surface area contributed by atoms with Crippen LogP contribution in [0.15, 0.2) is 12.1 Å². The summed E-state index contributed by atoms with van der Waals surface area (Å²) in [5.74, 6) is 0. The smallest absolute Gasteiger partial charge is 0.0931 e. The molecule has 0 spiro atoms. The fourth-order valence-corrected chi connectivity index (χ4v) is 3.92. The van der Waals surface area contributed by atoms with E-state index in [9.17, 15) is 0 Å². The van der Waals surface area contributed by atoms with Crippen LogP contribution >= 0.6 is 34.5 Å². The van der Waals surface area contributed by atoms with Gasteiger partial charge in [0.2, 0.25) is 0 Å². The Morgan fingerprint density at radius 1 is 1.29 bits per heavy atom. The number of nitrogens with zero attached hydrogens (tertiary/aromatic N) is 2. The molecular formula is C15H21Cl2N3S. The molecule has 3 nitrogen and oxygen atoms in total. The number of thiophene rings is 1. The third-order valence-electron chi connectivity index (χ3n) is 3.48. The average Bonchev–Trinajstić information content (AvgIpc) is 3.03. The van der Waals surface area contributed by atoms with Crippen LogP contribution in [0, 0.1) is 0 Å². The largest absolute Gasteiger partial charge is 0.309 e. The summed E-state index contributed by atoms with van der Waals surface area (Å²) in [5.41, 5.74) is 2.08. The zero-order chi connectivity index (χ0) is 15.4. The van der Waals surface area contributed by atoms with Crippen molar-refractivity contribution < 1.29 is 0 Å². The number of hydrogen-bond donors (Lipinski definition) is 1. The molecule has 116 valence electrons. The Kier molecular flexibility index (Phi) is 6.11. The molecule has 0 aliphatic carbocycles. The highest BCUT2D eigenvalue weighted by Crippen LogP contribution is 2.31. The minimum atomic E-state index is 0.219. The molecule has 2 rings (SSSR count). The van der Waals surface area contributed by atoms with E-state index in [-0.39, 0.29) is 6.04 Å². The summed E-state index contributed by atoms with van der Waals surface area (Å²) < 4.78 is 2.83. The van der Waals surface area contributed by atoms with Crippen molar-refractivity contribution in [3.8, 4) is 0 Å². The first kappa shape index (κ1) is 16.8. The van der Waals surface area contributed by atoms with Crippen LogP contribution in [0.1, 0.15) is 43.1 Å². The van der Waals surface area contributed by atoms with Crippen molar-refractivity contribution >= 4 is 34.5 Å². The van der Waals surface area contributed by atoms with Crippen LogP contribution in [0.5, 0.6) is 0 Å². The summed E-state index contributed by atoms with van der Waals surface area (Å²) in [5, 5.41) is 8.92. The molecule has 0 fully saturated rings. The first-order chi connectivity index (χ1) is 10.1. The van der Waals surface area contributed by atoms with Crippen molar-refractivity contribution in [1.29, 1.82) is 0 Å². The highest BCUT2D eigenvalue weighted by molar-refractivity contribution is 7.16. The van der Waals surface area contributed by atoms with Crippen molar-refractivity contribution in [2.75, 3.05) is 6.54 Å². The summed E-state index contributed by atoms with van der Waals surface area (Å²) in [6.45, 7) is 8.02. The molecule has 0 radical (unpaired) electrons. The third-order valence-corrected chi connectivity index (χ3v) is 5.26. The Hall–Kier alpha value is -0.550. The molecule has 2 aromatic rings. The SMILES string of the molecule is CCNC(Cc1c(Cl)c(CC)nn1CC)c1ccc(Cl)s1. The highest BCUT2D eigenvalue weighted by Gasteiger charge is 2.20. The van der Waals surface area contributed by atoms with Gasteiger partial charge in [-0.1, -0.05) is 37.0 Å². The Bertz CT molecular complexity index is 592. The van der Waals surface area contributed by atoms with Gasteiger partial charge in [-0.25, -0.2) is 0 Å². The first-order valence-corrected chi connectivity index (χ1v) is 8.90. The van der Waals surface area contributed by atoms with E-state index in [4.69, 9.17) is 23.2 Å². The van der Waals surface area contributed by atoms with E-state index in [0.717, 1.165) is 46.7 Å². The van der Waals surface area contributed by atoms with Crippen LogP contribution in [0.4, 0.5) is 0 Å². The number of halogens is 2. The summed E-state index contributed by atoms with van der Waals surface area (Å²) >= 11 is 14.2. The molecule has 0 saturated heterocycles. The van der Waals surface area contributed by atoms with Gasteiger partial charge in [-0.3, -0.25) is 4.68 Å². The summed E-state index contributed by atoms with van der Waals surface area (Å²) in [6, 6.07) is 4.25. The lowest BCUT2D eigenvalue weighted by Gasteiger charge is -2.17. The van der Waals surface area contributed by atoms with Crippen molar-refractivity contribution in [1.82, 2.24) is 15.1 Å². The predicted octanol–water partition coefficient (Wildman–Crippen LogP) is 4.73. The van der Waals surface area contributed by atoms with Crippen molar-refractivity contribution in [2.24, 2.45) is 0 Å². The number of rotatable bonds is 7. The second-order valence-corrected chi connectivity index (χ2v) is 6.96. The second-order valence-electron chi connectivity index (χ2n) is 4.83. The van der Waals surface area contributed by atoms with E-state index in [1.807, 2.05) is 10.7 Å². The zero-order valence-corrected chi connectivity index (χ0v) is 14.9. The predicted molar refractivity (Wildman–Crippen MR) is 91.7 cm³/mol. The molecule has 0 bridgehead atoms. The van der Waals surface area contributed by atoms with Crippen molar-refractivity contribution in [2.45, 2.75) is 46.2 Å². The molecule has 1 unspecified atom stereocenters. The van der Waals surface area contributed by atoms with E-state index in [1.165, 1.54) is 4.88 Å². The lowest BCUT2D eigenvalue weighted by molar-refractivity contribution is 0.522. The Morgan fingerprint density at radius 3 is 2.57 bits per heavy atom. The lowest BCUT2D eigenvalue weighted by atomic mass is 10.1. The minimum Gasteiger partial charge on any atom is -0.309 e. The molecule has 2 aromatic heterocycles. The summed E-state index contributed by atoms with van der Waals surface area (Å²) in [6.07, 6.45) is 1.68. The van der Waals surface area contributed by atoms with Gasteiger partial charge in [0.15, 0.2) is 0 Å². The maximum Gasteiger partial charge on any atom is 0.0931 e. The summed E-state index contributed by atoms with van der Waals surface area (Å²) in [4.78, 5) is 1.24. The van der Waals surface area contributed by atoms with Gasteiger partial charge in [-0.05, 0) is 32.0 Å². The number of aryl methyl sites for hydroxylation is 2. The molecule has 1 atom stereocenters. The molecule has 0 saturated carbocycles. The summed E-state index contributed by atoms with van der Waals surface area (Å²) in [7, 11) is 0. The maximum atomic E-state index is 6.51. The Morgan fingerprint density at radius 2 is 2.05 bits per heavy atom. The van der Waals surface area contributed by atoms with E-state index < -0.39 is 0 Å². The molecule has 6 heteroatoms. The van der Waals surface area contributed by atoms with Gasteiger partial charge in [-0.15, -0.1) is 11.3 Å². The topological polar surface area (TPSA) is 29.9 Å². The van der Waals surface area contributed by atoms with E-state index in [0.29, 0.717) is 0 Å². The highest BCUT2D eigenvalue weighted by atomic mass is 35.5. The fraction of sp³-hybridized carbons (Fsp3) is 0.533. The van der Waals surface area contributed by atoms with E-state index >= 15 is 0 Å². The molecule has 0 aliphatic heterocycles. The average molecular weight is 346 g/mol. The normalized spacial score (nSPS) is 12.8. The monoisotopic (exact) mass is 345 g/mol. The van der Waals surface area contributed by atoms with Crippen LogP contribution in [-0.4, -0.2) is 16.3 Å². The van der Waals surface area contributed by atoms with Gasteiger partial charge in [0.1, 0.15) is 0 Å². The van der Waals surface area contributed by atoms with Crippen LogP contribution in [0.2, 0.25) is 9.36 Å². The number of nitrogens with one attached hydrogen (secondary N) is 1. The minimum absolute atomic E-state index is 0.219. The molecule has 0 aliphatic rings. The Balaban J connectivity index is 2.30. The van der Waals surface area contributed by atoms with Crippen LogP contribution in [0.25, 0.3) is 0 Å². The lowest BCUT2D eigenvalue weighted by Crippen LogP contribution is -2.23. The van der Waals surface area contributed by atoms with Crippen LogP contribution in [-0.2, 0) is 19.4 Å². The first-order valence-electron chi connectivity index (χ1n) is 7.33. The molecule has 0 amide bonds. The van der Waals surface area contributed by atoms with Gasteiger partial charge >= 0.3 is 0 Å². The van der Waals surface area contributed by atoms with Gasteiger partial charge in [0.05, 0.1) is 20.7 Å². The molecule has 21 heavy (non-hydrogen) atoms. The second kappa shape index (κ2) is 7.63. The van der Waals surface area contributed by atoms with E-state index in [2.05, 4.69) is 37.3 Å². The number of hydrogen-bond acceptors (Lipinski definition) is 3. The van der Waals surface area contributed by atoms with E-state index in [1.54, 1.807) is 11.3 Å². The third kappa shape index (κ3) is 3.81. The van der Waals surface area contributed by atoms with Crippen molar-refractivity contribution in [3.63, 3.8) is 0 Å². The zero-order valence-electron chi connectivity index (χ0n) is 12.6. The van der Waals surface area contributed by atoms with Gasteiger partial charge < -0.3 is 5.32 Å². The number of likely N-dealkylation sites (N-methyl/N-ethyl adjacent to an activating group) is 1. The van der Waals surface area contributed by atoms with Crippen LogP contribution < -0.4 is 5.32 Å². The molecule has 1 N–H and O–H groups in total. The Labute approximate surface area is 140 Å². The molecule has 2 heterocycles. The van der Waals surface area contributed by atoms with Gasteiger partial charge in [0, 0.05) is 23.9 Å².